The molecule has 1 saturated carbocycles. The van der Waals surface area contributed by atoms with Gasteiger partial charge in [-0.1, -0.05) is 6.07 Å². The van der Waals surface area contributed by atoms with Crippen LogP contribution in [-0.2, 0) is 14.8 Å². The Morgan fingerprint density at radius 2 is 1.85 bits per heavy atom. The second-order valence-corrected chi connectivity index (χ2v) is 12.5. The number of nitrogens with two attached hydrogens (primary N) is 1. The summed E-state index contributed by atoms with van der Waals surface area (Å²) in [7, 11) is -3.52. The van der Waals surface area contributed by atoms with E-state index in [1.54, 1.807) is 23.1 Å². The summed E-state index contributed by atoms with van der Waals surface area (Å²) in [6.07, 6.45) is 9.45. The van der Waals surface area contributed by atoms with E-state index in [-0.39, 0.29) is 24.3 Å². The van der Waals surface area contributed by atoms with Crippen molar-refractivity contribution < 1.29 is 17.9 Å². The van der Waals surface area contributed by atoms with Gasteiger partial charge in [0.25, 0.3) is 0 Å². The Kier molecular flexibility index (Phi) is 8.03. The molecule has 0 radical (unpaired) electrons. The molecular formula is C27H37N7O4S. The molecule has 2 aromatic heterocycles. The lowest BCUT2D eigenvalue weighted by Crippen LogP contribution is -2.44. The molecule has 210 valence electrons. The summed E-state index contributed by atoms with van der Waals surface area (Å²) in [5, 5.41) is 13.8. The number of fused-ring (bicyclic) bond motifs is 1. The highest BCUT2D eigenvalue weighted by Gasteiger charge is 2.36. The van der Waals surface area contributed by atoms with Crippen molar-refractivity contribution in [1.29, 1.82) is 0 Å². The minimum atomic E-state index is -3.52. The topological polar surface area (TPSA) is 145 Å². The fourth-order valence-corrected chi connectivity index (χ4v) is 6.34. The Bertz CT molecular complexity index is 1410. The molecular weight excluding hydrogens is 518 g/mol. The van der Waals surface area contributed by atoms with Crippen LogP contribution in [0, 0.1) is 5.92 Å². The van der Waals surface area contributed by atoms with Crippen LogP contribution in [0.1, 0.15) is 58.8 Å². The average molecular weight is 556 g/mol. The zero-order valence-electron chi connectivity index (χ0n) is 22.5. The molecule has 11 nitrogen and oxygen atoms in total. The minimum Gasteiger partial charge on any atom is -0.493 e. The number of rotatable bonds is 9. The first-order valence-corrected chi connectivity index (χ1v) is 15.4. The molecule has 0 spiro atoms. The lowest BCUT2D eigenvalue weighted by molar-refractivity contribution is -0.139. The first-order valence-electron chi connectivity index (χ1n) is 13.7. The van der Waals surface area contributed by atoms with Crippen molar-refractivity contribution in [2.75, 3.05) is 17.7 Å². The Balaban J connectivity index is 1.21. The summed E-state index contributed by atoms with van der Waals surface area (Å²) in [6, 6.07) is 8.31. The maximum Gasteiger partial charge on any atom is 0.226 e. The zero-order chi connectivity index (χ0) is 27.6. The van der Waals surface area contributed by atoms with E-state index in [1.807, 2.05) is 18.2 Å². The molecule has 2 fully saturated rings. The van der Waals surface area contributed by atoms with Crippen molar-refractivity contribution in [3.63, 3.8) is 0 Å². The third-order valence-corrected chi connectivity index (χ3v) is 8.74. The van der Waals surface area contributed by atoms with E-state index < -0.39 is 10.0 Å². The Hall–Kier alpha value is -3.25. The van der Waals surface area contributed by atoms with Gasteiger partial charge >= 0.3 is 0 Å². The van der Waals surface area contributed by atoms with E-state index in [9.17, 15) is 13.2 Å². The van der Waals surface area contributed by atoms with Gasteiger partial charge in [-0.2, -0.15) is 10.1 Å². The number of aromatic nitrogens is 4. The molecule has 1 aromatic carbocycles. The number of likely N-dealkylation sites (tertiary alicyclic amines) is 1. The molecule has 2 unspecified atom stereocenters. The first-order chi connectivity index (χ1) is 18.7. The van der Waals surface area contributed by atoms with Crippen molar-refractivity contribution in [2.45, 2.75) is 76.9 Å². The maximum absolute atomic E-state index is 13.1. The van der Waals surface area contributed by atoms with Crippen LogP contribution >= 0.6 is 0 Å². The van der Waals surface area contributed by atoms with Crippen molar-refractivity contribution in [1.82, 2.24) is 24.6 Å². The summed E-state index contributed by atoms with van der Waals surface area (Å²) in [5.74, 6) is 2.06. The van der Waals surface area contributed by atoms with Gasteiger partial charge in [0.05, 0.1) is 29.5 Å². The number of anilines is 1. The second kappa shape index (κ2) is 11.5. The highest BCUT2D eigenvalue weighted by molar-refractivity contribution is 7.89. The van der Waals surface area contributed by atoms with Crippen LogP contribution < -0.4 is 15.2 Å². The van der Waals surface area contributed by atoms with E-state index in [2.05, 4.69) is 34.1 Å². The minimum absolute atomic E-state index is 0.102. The molecule has 3 N–H and O–H groups in total. The molecule has 2 atom stereocenters. The van der Waals surface area contributed by atoms with Gasteiger partial charge in [-0.3, -0.25) is 4.79 Å². The van der Waals surface area contributed by atoms with Crippen LogP contribution in [-0.4, -0.2) is 69.5 Å². The predicted octanol–water partition coefficient (Wildman–Crippen LogP) is 3.24. The molecule has 1 amide bonds. The summed E-state index contributed by atoms with van der Waals surface area (Å²) in [4.78, 5) is 24.4. The Labute approximate surface area is 229 Å². The summed E-state index contributed by atoms with van der Waals surface area (Å²) in [6.45, 7) is 4.55. The monoisotopic (exact) mass is 555 g/mol. The molecule has 12 heteroatoms. The van der Waals surface area contributed by atoms with Gasteiger partial charge in [-0.05, 0) is 70.9 Å². The van der Waals surface area contributed by atoms with E-state index in [0.29, 0.717) is 41.9 Å². The maximum atomic E-state index is 13.1. The normalized spacial score (nSPS) is 23.7. The number of sulfonamides is 1. The Morgan fingerprint density at radius 1 is 1.10 bits per heavy atom. The smallest absolute Gasteiger partial charge is 0.226 e. The lowest BCUT2D eigenvalue weighted by atomic mass is 9.85. The average Bonchev–Trinajstić information content (AvgIpc) is 3.49. The molecule has 1 aliphatic carbocycles. The standard InChI is InChI=1S/C27H37N7O4S/c1-18-7-8-19(2)33(18)26(35)20-9-11-21(12-10-20)31-27-29-14-13-25(32-27)34-23-5-3-6-24(22(23)17-30-34)38-15-4-16-39(28,36)37/h3,5-6,13-14,17-21H,4,7-12,15-16H2,1-2H3,(H2,28,36,37)(H,29,31,32). The van der Waals surface area contributed by atoms with E-state index >= 15 is 0 Å². The van der Waals surface area contributed by atoms with Gasteiger partial charge in [-0.15, -0.1) is 0 Å². The molecule has 39 heavy (non-hydrogen) atoms. The highest BCUT2D eigenvalue weighted by atomic mass is 32.2. The molecule has 0 bridgehead atoms. The first kappa shape index (κ1) is 27.3. The van der Waals surface area contributed by atoms with Gasteiger partial charge in [0.15, 0.2) is 5.82 Å². The third-order valence-electron chi connectivity index (χ3n) is 7.88. The number of carbonyl (C=O) groups is 1. The number of hydrogen-bond acceptors (Lipinski definition) is 8. The molecule has 2 aliphatic rings. The van der Waals surface area contributed by atoms with Crippen LogP contribution in [0.2, 0.25) is 0 Å². The number of hydrogen-bond donors (Lipinski definition) is 2. The van der Waals surface area contributed by atoms with Gasteiger partial charge < -0.3 is 15.0 Å². The van der Waals surface area contributed by atoms with Crippen molar-refractivity contribution in [2.24, 2.45) is 11.1 Å². The fourth-order valence-electron chi connectivity index (χ4n) is 5.82. The van der Waals surface area contributed by atoms with E-state index in [4.69, 9.17) is 14.9 Å². The lowest BCUT2D eigenvalue weighted by Gasteiger charge is -2.34. The number of primary sulfonamides is 1. The summed E-state index contributed by atoms with van der Waals surface area (Å²) < 4.78 is 29.9. The van der Waals surface area contributed by atoms with Gasteiger partial charge in [0.2, 0.25) is 21.9 Å². The summed E-state index contributed by atoms with van der Waals surface area (Å²) in [5.41, 5.74) is 0.813. The van der Waals surface area contributed by atoms with Gasteiger partial charge in [0.1, 0.15) is 5.75 Å². The van der Waals surface area contributed by atoms with E-state index in [0.717, 1.165) is 49.4 Å². The Morgan fingerprint density at radius 3 is 2.56 bits per heavy atom. The number of nitrogens with zero attached hydrogens (tertiary/aromatic N) is 5. The van der Waals surface area contributed by atoms with Crippen molar-refractivity contribution >= 4 is 32.8 Å². The number of amides is 1. The highest BCUT2D eigenvalue weighted by Crippen LogP contribution is 2.32. The van der Waals surface area contributed by atoms with Crippen LogP contribution in [0.15, 0.2) is 36.7 Å². The van der Waals surface area contributed by atoms with Crippen molar-refractivity contribution in [3.8, 4) is 11.6 Å². The molecule has 1 saturated heterocycles. The van der Waals surface area contributed by atoms with Crippen LogP contribution in [0.25, 0.3) is 16.7 Å². The van der Waals surface area contributed by atoms with Gasteiger partial charge in [-0.25, -0.2) is 23.2 Å². The molecule has 1 aliphatic heterocycles. The predicted molar refractivity (Wildman–Crippen MR) is 149 cm³/mol. The van der Waals surface area contributed by atoms with Crippen LogP contribution in [0.3, 0.4) is 0 Å². The zero-order valence-corrected chi connectivity index (χ0v) is 23.3. The van der Waals surface area contributed by atoms with Crippen LogP contribution in [0.4, 0.5) is 5.95 Å². The summed E-state index contributed by atoms with van der Waals surface area (Å²) >= 11 is 0. The van der Waals surface area contributed by atoms with E-state index in [1.165, 1.54) is 0 Å². The fraction of sp³-hybridized carbons (Fsp3) is 0.556. The number of carbonyl (C=O) groups excluding carboxylic acids is 1. The third kappa shape index (κ3) is 6.33. The largest absolute Gasteiger partial charge is 0.493 e. The second-order valence-electron chi connectivity index (χ2n) is 10.8. The van der Waals surface area contributed by atoms with Crippen molar-refractivity contribution in [3.05, 3.63) is 36.7 Å². The molecule has 3 heterocycles. The molecule has 5 rings (SSSR count). The SMILES string of the molecule is CC1CCC(C)N1C(=O)C1CCC(Nc2nccc(-n3ncc4c(OCCCS(N)(=O)=O)cccc43)n2)CC1. The van der Waals surface area contributed by atoms with Crippen LogP contribution in [0.5, 0.6) is 5.75 Å². The number of ether oxygens (including phenoxy) is 1. The van der Waals surface area contributed by atoms with Gasteiger partial charge in [0, 0.05) is 36.3 Å². The number of nitrogens with one attached hydrogen (secondary N) is 1. The number of benzene rings is 1. The molecule has 3 aromatic rings. The quantitative estimate of drug-likeness (QED) is 0.383.